The lowest BCUT2D eigenvalue weighted by Gasteiger charge is -2.35. The third-order valence-electron chi connectivity index (χ3n) is 2.91. The number of anilines is 1. The third kappa shape index (κ3) is 1.93. The Morgan fingerprint density at radius 1 is 1.50 bits per heavy atom. The number of aryl methyl sites for hydroxylation is 1. The summed E-state index contributed by atoms with van der Waals surface area (Å²) in [6.07, 6.45) is 2.31. The van der Waals surface area contributed by atoms with Gasteiger partial charge in [-0.2, -0.15) is 0 Å². The molecule has 0 amide bonds. The molecule has 1 fully saturated rings. The highest BCUT2D eigenvalue weighted by Crippen LogP contribution is 2.28. The van der Waals surface area contributed by atoms with Gasteiger partial charge in [-0.25, -0.2) is 0 Å². The zero-order chi connectivity index (χ0) is 10.1. The Bertz CT molecular complexity index is 302. The van der Waals surface area contributed by atoms with Crippen molar-refractivity contribution >= 4 is 5.88 Å². The molecule has 0 saturated heterocycles. The maximum Gasteiger partial charge on any atom is 0.195 e. The van der Waals surface area contributed by atoms with Crippen LogP contribution in [0.2, 0.25) is 0 Å². The lowest BCUT2D eigenvalue weighted by atomic mass is 9.81. The largest absolute Gasteiger partial charge is 0.446 e. The van der Waals surface area contributed by atoms with Crippen molar-refractivity contribution < 1.29 is 4.42 Å². The summed E-state index contributed by atoms with van der Waals surface area (Å²) in [6.45, 7) is 3.03. The highest BCUT2D eigenvalue weighted by atomic mass is 16.4. The van der Waals surface area contributed by atoms with Gasteiger partial charge in [0.25, 0.3) is 0 Å². The minimum absolute atomic E-state index is 0.437. The lowest BCUT2D eigenvalue weighted by molar-refractivity contribution is 0.268. The normalized spacial score (nSPS) is 25.9. The fourth-order valence-corrected chi connectivity index (χ4v) is 2.04. The quantitative estimate of drug-likeness (QED) is 0.797. The van der Waals surface area contributed by atoms with Gasteiger partial charge in [0.2, 0.25) is 0 Å². The van der Waals surface area contributed by atoms with Crippen molar-refractivity contribution in [2.24, 2.45) is 11.7 Å². The van der Waals surface area contributed by atoms with E-state index in [2.05, 4.69) is 11.9 Å². The third-order valence-corrected chi connectivity index (χ3v) is 2.91. The van der Waals surface area contributed by atoms with Crippen LogP contribution in [0.4, 0.5) is 5.88 Å². The van der Waals surface area contributed by atoms with Crippen LogP contribution in [0, 0.1) is 12.8 Å². The summed E-state index contributed by atoms with van der Waals surface area (Å²) in [5.74, 6) is 2.68. The van der Waals surface area contributed by atoms with Gasteiger partial charge in [-0.15, -0.1) is 0 Å². The average molecular weight is 194 g/mol. The topological polar surface area (TPSA) is 42.4 Å². The minimum atomic E-state index is 0.437. The van der Waals surface area contributed by atoms with Gasteiger partial charge in [0.05, 0.1) is 0 Å². The summed E-state index contributed by atoms with van der Waals surface area (Å²) < 4.78 is 5.54. The molecule has 1 aromatic rings. The second-order valence-corrected chi connectivity index (χ2v) is 4.36. The Labute approximate surface area is 84.9 Å². The van der Waals surface area contributed by atoms with Crippen LogP contribution in [-0.2, 0) is 0 Å². The molecule has 0 unspecified atom stereocenters. The molecule has 1 saturated carbocycles. The van der Waals surface area contributed by atoms with E-state index in [1.54, 1.807) is 0 Å². The van der Waals surface area contributed by atoms with Crippen molar-refractivity contribution in [1.29, 1.82) is 0 Å². The fourth-order valence-electron chi connectivity index (χ4n) is 2.04. The van der Waals surface area contributed by atoms with Crippen LogP contribution in [0.3, 0.4) is 0 Å². The van der Waals surface area contributed by atoms with Crippen LogP contribution >= 0.6 is 0 Å². The number of hydrogen-bond donors (Lipinski definition) is 1. The zero-order valence-corrected chi connectivity index (χ0v) is 8.86. The summed E-state index contributed by atoms with van der Waals surface area (Å²) in [6, 6.07) is 4.46. The van der Waals surface area contributed by atoms with Crippen molar-refractivity contribution in [1.82, 2.24) is 0 Å². The Morgan fingerprint density at radius 2 is 2.21 bits per heavy atom. The van der Waals surface area contributed by atoms with Gasteiger partial charge in [-0.05, 0) is 31.7 Å². The predicted octanol–water partition coefficient (Wildman–Crippen LogP) is 1.76. The molecule has 0 aliphatic heterocycles. The van der Waals surface area contributed by atoms with E-state index in [1.807, 2.05) is 19.1 Å². The highest BCUT2D eigenvalue weighted by molar-refractivity contribution is 5.35. The van der Waals surface area contributed by atoms with Gasteiger partial charge < -0.3 is 15.1 Å². The number of furan rings is 1. The maximum absolute atomic E-state index is 5.75. The molecule has 0 aromatic carbocycles. The maximum atomic E-state index is 5.75. The highest BCUT2D eigenvalue weighted by Gasteiger charge is 2.27. The molecule has 1 heterocycles. The van der Waals surface area contributed by atoms with Crippen LogP contribution in [0.1, 0.15) is 18.6 Å². The van der Waals surface area contributed by atoms with Crippen molar-refractivity contribution in [2.45, 2.75) is 25.8 Å². The Hall–Kier alpha value is -0.960. The van der Waals surface area contributed by atoms with Crippen molar-refractivity contribution in [3.8, 4) is 0 Å². The van der Waals surface area contributed by atoms with Gasteiger partial charge in [0, 0.05) is 25.7 Å². The van der Waals surface area contributed by atoms with E-state index in [9.17, 15) is 0 Å². The van der Waals surface area contributed by atoms with Gasteiger partial charge in [0.1, 0.15) is 5.76 Å². The summed E-state index contributed by atoms with van der Waals surface area (Å²) >= 11 is 0. The second kappa shape index (κ2) is 3.65. The summed E-state index contributed by atoms with van der Waals surface area (Å²) in [5.41, 5.74) is 5.75. The molecule has 14 heavy (non-hydrogen) atoms. The first-order chi connectivity index (χ1) is 6.65. The van der Waals surface area contributed by atoms with E-state index in [0.717, 1.165) is 36.9 Å². The smallest absolute Gasteiger partial charge is 0.195 e. The first kappa shape index (κ1) is 9.59. The SMILES string of the molecule is Cc1ccc(N(C)CC2CC(N)C2)o1. The number of nitrogens with zero attached hydrogens (tertiary/aromatic N) is 1. The first-order valence-electron chi connectivity index (χ1n) is 5.18. The molecule has 2 N–H and O–H groups in total. The average Bonchev–Trinajstić information content (AvgIpc) is 2.49. The molecule has 78 valence electrons. The number of rotatable bonds is 3. The monoisotopic (exact) mass is 194 g/mol. The number of hydrogen-bond acceptors (Lipinski definition) is 3. The summed E-state index contributed by atoms with van der Waals surface area (Å²) in [5, 5.41) is 0. The Kier molecular flexibility index (Phi) is 2.50. The van der Waals surface area contributed by atoms with Crippen LogP contribution in [0.5, 0.6) is 0 Å². The van der Waals surface area contributed by atoms with Crippen molar-refractivity contribution in [2.75, 3.05) is 18.5 Å². The molecule has 2 rings (SSSR count). The van der Waals surface area contributed by atoms with Crippen LogP contribution in [-0.4, -0.2) is 19.6 Å². The van der Waals surface area contributed by atoms with Crippen molar-refractivity contribution in [3.05, 3.63) is 17.9 Å². The zero-order valence-electron chi connectivity index (χ0n) is 8.86. The first-order valence-corrected chi connectivity index (χ1v) is 5.18. The molecule has 1 aliphatic rings. The van der Waals surface area contributed by atoms with E-state index >= 15 is 0 Å². The molecule has 0 spiro atoms. The molecule has 1 aromatic heterocycles. The Balaban J connectivity index is 1.86. The molecule has 1 aliphatic carbocycles. The van der Waals surface area contributed by atoms with Crippen LogP contribution in [0.15, 0.2) is 16.5 Å². The van der Waals surface area contributed by atoms with Crippen molar-refractivity contribution in [3.63, 3.8) is 0 Å². The summed E-state index contributed by atoms with van der Waals surface area (Å²) in [7, 11) is 2.07. The van der Waals surface area contributed by atoms with Crippen LogP contribution < -0.4 is 10.6 Å². The van der Waals surface area contributed by atoms with E-state index in [-0.39, 0.29) is 0 Å². The van der Waals surface area contributed by atoms with Crippen LogP contribution in [0.25, 0.3) is 0 Å². The van der Waals surface area contributed by atoms with E-state index in [0.29, 0.717) is 6.04 Å². The van der Waals surface area contributed by atoms with Gasteiger partial charge in [-0.1, -0.05) is 0 Å². The molecule has 0 bridgehead atoms. The molecule has 3 nitrogen and oxygen atoms in total. The number of nitrogens with two attached hydrogens (primary N) is 1. The van der Waals surface area contributed by atoms with E-state index < -0.39 is 0 Å². The fraction of sp³-hybridized carbons (Fsp3) is 0.636. The molecule has 0 radical (unpaired) electrons. The standard InChI is InChI=1S/C11H18N2O/c1-8-3-4-11(14-8)13(2)7-9-5-10(12)6-9/h3-4,9-10H,5-7,12H2,1-2H3. The van der Waals surface area contributed by atoms with Gasteiger partial charge >= 0.3 is 0 Å². The van der Waals surface area contributed by atoms with Gasteiger partial charge in [0.15, 0.2) is 5.88 Å². The molecular weight excluding hydrogens is 176 g/mol. The Morgan fingerprint density at radius 3 is 2.71 bits per heavy atom. The minimum Gasteiger partial charge on any atom is -0.446 e. The van der Waals surface area contributed by atoms with Gasteiger partial charge in [-0.3, -0.25) is 0 Å². The second-order valence-electron chi connectivity index (χ2n) is 4.36. The molecule has 3 heteroatoms. The predicted molar refractivity (Wildman–Crippen MR) is 57.4 cm³/mol. The molecular formula is C11H18N2O. The van der Waals surface area contributed by atoms with E-state index in [4.69, 9.17) is 10.2 Å². The lowest BCUT2D eigenvalue weighted by Crippen LogP contribution is -2.41. The molecule has 0 atom stereocenters. The summed E-state index contributed by atoms with van der Waals surface area (Å²) in [4.78, 5) is 2.17. The van der Waals surface area contributed by atoms with E-state index in [1.165, 1.54) is 0 Å².